The molecule has 1 saturated heterocycles. The smallest absolute Gasteiger partial charge is 0.221 e. The molecule has 0 spiro atoms. The molecule has 1 atom stereocenters. The molecule has 0 bridgehead atoms. The molecule has 1 amide bonds. The molecule has 19 heavy (non-hydrogen) atoms. The summed E-state index contributed by atoms with van der Waals surface area (Å²) < 4.78 is 2.07. The van der Waals surface area contributed by atoms with Crippen LogP contribution in [-0.2, 0) is 17.9 Å². The zero-order chi connectivity index (χ0) is 13.8. The van der Waals surface area contributed by atoms with E-state index in [-0.39, 0.29) is 5.91 Å². The van der Waals surface area contributed by atoms with Gasteiger partial charge < -0.3 is 5.32 Å². The summed E-state index contributed by atoms with van der Waals surface area (Å²) >= 11 is 0. The minimum absolute atomic E-state index is 0.160. The fourth-order valence-corrected chi connectivity index (χ4v) is 2.48. The van der Waals surface area contributed by atoms with Gasteiger partial charge in [-0.15, -0.1) is 0 Å². The topological polar surface area (TPSA) is 50.2 Å². The molecule has 2 rings (SSSR count). The summed E-state index contributed by atoms with van der Waals surface area (Å²) in [5, 5.41) is 7.39. The average molecular weight is 264 g/mol. The monoisotopic (exact) mass is 264 g/mol. The van der Waals surface area contributed by atoms with Crippen molar-refractivity contribution in [2.24, 2.45) is 0 Å². The van der Waals surface area contributed by atoms with Gasteiger partial charge in [0.05, 0.1) is 6.20 Å². The predicted molar refractivity (Wildman–Crippen MR) is 74.8 cm³/mol. The van der Waals surface area contributed by atoms with Crippen molar-refractivity contribution in [3.05, 3.63) is 17.5 Å². The van der Waals surface area contributed by atoms with Gasteiger partial charge in [-0.1, -0.05) is 6.92 Å². The number of nitrogens with zero attached hydrogens (tertiary/aromatic N) is 3. The molecule has 1 aromatic rings. The first kappa shape index (κ1) is 14.1. The Morgan fingerprint density at radius 2 is 2.32 bits per heavy atom. The van der Waals surface area contributed by atoms with E-state index < -0.39 is 0 Å². The normalized spacial score (nSPS) is 21.2. The fraction of sp³-hybridized carbons (Fsp3) is 0.714. The van der Waals surface area contributed by atoms with Gasteiger partial charge in [-0.2, -0.15) is 5.10 Å². The Bertz CT molecular complexity index is 441. The molecule has 2 heterocycles. The molecule has 1 aliphatic heterocycles. The maximum absolute atomic E-state index is 11.4. The summed E-state index contributed by atoms with van der Waals surface area (Å²) in [6, 6.07) is 0.375. The Morgan fingerprint density at radius 3 is 3.05 bits per heavy atom. The number of carbonyl (C=O) groups is 1. The predicted octanol–water partition coefficient (Wildman–Crippen LogP) is 1.31. The van der Waals surface area contributed by atoms with E-state index in [1.54, 1.807) is 0 Å². The lowest BCUT2D eigenvalue weighted by Crippen LogP contribution is -2.37. The van der Waals surface area contributed by atoms with Crippen LogP contribution in [0.3, 0.4) is 0 Å². The number of nitrogens with one attached hydrogen (secondary N) is 1. The molecule has 0 unspecified atom stereocenters. The summed E-state index contributed by atoms with van der Waals surface area (Å²) in [6.45, 7) is 9.87. The van der Waals surface area contributed by atoms with Crippen LogP contribution in [-0.4, -0.2) is 39.7 Å². The van der Waals surface area contributed by atoms with Gasteiger partial charge >= 0.3 is 0 Å². The molecule has 106 valence electrons. The first-order valence-corrected chi connectivity index (χ1v) is 7.13. The highest BCUT2D eigenvalue weighted by molar-refractivity contribution is 5.76. The van der Waals surface area contributed by atoms with E-state index >= 15 is 0 Å². The second kappa shape index (κ2) is 6.19. The first-order chi connectivity index (χ1) is 9.11. The van der Waals surface area contributed by atoms with Gasteiger partial charge in [-0.25, -0.2) is 0 Å². The van der Waals surface area contributed by atoms with Crippen LogP contribution >= 0.6 is 0 Å². The molecule has 0 saturated carbocycles. The van der Waals surface area contributed by atoms with Gasteiger partial charge in [0.2, 0.25) is 5.91 Å². The van der Waals surface area contributed by atoms with Gasteiger partial charge in [0, 0.05) is 49.9 Å². The van der Waals surface area contributed by atoms with Gasteiger partial charge in [-0.3, -0.25) is 14.4 Å². The molecule has 1 aliphatic rings. The van der Waals surface area contributed by atoms with Crippen molar-refractivity contribution in [3.63, 3.8) is 0 Å². The van der Waals surface area contributed by atoms with Crippen molar-refractivity contribution < 1.29 is 4.79 Å². The summed E-state index contributed by atoms with van der Waals surface area (Å²) in [6.07, 6.45) is 3.66. The lowest BCUT2D eigenvalue weighted by molar-refractivity contribution is -0.120. The van der Waals surface area contributed by atoms with E-state index in [2.05, 4.69) is 40.8 Å². The molecular weight excluding hydrogens is 240 g/mol. The number of aryl methyl sites for hydroxylation is 1. The Kier molecular flexibility index (Phi) is 4.58. The van der Waals surface area contributed by atoms with Crippen LogP contribution in [0.2, 0.25) is 0 Å². The Hall–Kier alpha value is -1.36. The van der Waals surface area contributed by atoms with E-state index in [9.17, 15) is 4.79 Å². The highest BCUT2D eigenvalue weighted by Crippen LogP contribution is 2.14. The molecule has 1 fully saturated rings. The van der Waals surface area contributed by atoms with Crippen molar-refractivity contribution in [3.8, 4) is 0 Å². The third-order valence-corrected chi connectivity index (χ3v) is 3.86. The zero-order valence-electron chi connectivity index (χ0n) is 12.1. The molecule has 1 aromatic heterocycles. The minimum Gasteiger partial charge on any atom is -0.355 e. The largest absolute Gasteiger partial charge is 0.355 e. The highest BCUT2D eigenvalue weighted by Gasteiger charge is 2.21. The third-order valence-electron chi connectivity index (χ3n) is 3.86. The standard InChI is InChI=1S/C14H24N4O/c1-4-6-18-12(3)13(9-16-18)10-17-7-5-14(19)15-8-11(17)2/h9,11H,4-8,10H2,1-3H3,(H,15,19)/t11-/m0/s1. The van der Waals surface area contributed by atoms with E-state index in [0.717, 1.165) is 32.6 Å². The molecule has 0 aliphatic carbocycles. The van der Waals surface area contributed by atoms with Gasteiger partial charge in [0.1, 0.15) is 0 Å². The van der Waals surface area contributed by atoms with E-state index in [4.69, 9.17) is 0 Å². The van der Waals surface area contributed by atoms with Crippen LogP contribution in [0.4, 0.5) is 0 Å². The number of rotatable bonds is 4. The number of aromatic nitrogens is 2. The summed E-state index contributed by atoms with van der Waals surface area (Å²) in [5.74, 6) is 0.160. The summed E-state index contributed by atoms with van der Waals surface area (Å²) in [7, 11) is 0. The molecule has 5 nitrogen and oxygen atoms in total. The van der Waals surface area contributed by atoms with Crippen molar-refractivity contribution in [1.82, 2.24) is 20.0 Å². The second-order valence-corrected chi connectivity index (χ2v) is 5.35. The third kappa shape index (κ3) is 3.35. The van der Waals surface area contributed by atoms with Gasteiger partial charge in [-0.05, 0) is 20.3 Å². The number of amides is 1. The maximum Gasteiger partial charge on any atom is 0.221 e. The molecule has 1 N–H and O–H groups in total. The quantitative estimate of drug-likeness (QED) is 0.892. The van der Waals surface area contributed by atoms with Crippen LogP contribution < -0.4 is 5.32 Å². The van der Waals surface area contributed by atoms with Crippen LogP contribution in [0, 0.1) is 6.92 Å². The summed E-state index contributed by atoms with van der Waals surface area (Å²) in [5.41, 5.74) is 2.52. The van der Waals surface area contributed by atoms with Crippen molar-refractivity contribution >= 4 is 5.91 Å². The number of hydrogen-bond donors (Lipinski definition) is 1. The van der Waals surface area contributed by atoms with E-state index in [0.29, 0.717) is 12.5 Å². The summed E-state index contributed by atoms with van der Waals surface area (Å²) in [4.78, 5) is 13.8. The number of hydrogen-bond acceptors (Lipinski definition) is 3. The average Bonchev–Trinajstić information content (AvgIpc) is 2.64. The molecule has 0 aromatic carbocycles. The van der Waals surface area contributed by atoms with Crippen LogP contribution in [0.5, 0.6) is 0 Å². The van der Waals surface area contributed by atoms with Crippen molar-refractivity contribution in [2.75, 3.05) is 13.1 Å². The molecule has 0 radical (unpaired) electrons. The lowest BCUT2D eigenvalue weighted by Gasteiger charge is -2.25. The van der Waals surface area contributed by atoms with Gasteiger partial charge in [0.25, 0.3) is 0 Å². The Labute approximate surface area is 115 Å². The van der Waals surface area contributed by atoms with Gasteiger partial charge in [0.15, 0.2) is 0 Å². The highest BCUT2D eigenvalue weighted by atomic mass is 16.1. The first-order valence-electron chi connectivity index (χ1n) is 7.13. The molecular formula is C14H24N4O. The van der Waals surface area contributed by atoms with E-state index in [1.807, 2.05) is 6.20 Å². The molecule has 5 heteroatoms. The van der Waals surface area contributed by atoms with Crippen LogP contribution in [0.1, 0.15) is 37.9 Å². The Morgan fingerprint density at radius 1 is 1.53 bits per heavy atom. The van der Waals surface area contributed by atoms with Crippen LogP contribution in [0.15, 0.2) is 6.20 Å². The zero-order valence-corrected chi connectivity index (χ0v) is 12.1. The van der Waals surface area contributed by atoms with Crippen molar-refractivity contribution in [1.29, 1.82) is 0 Å². The van der Waals surface area contributed by atoms with E-state index in [1.165, 1.54) is 11.3 Å². The SMILES string of the molecule is CCCn1ncc(CN2CCC(=O)NC[C@@H]2C)c1C. The van der Waals surface area contributed by atoms with Crippen LogP contribution in [0.25, 0.3) is 0 Å². The number of carbonyl (C=O) groups excluding carboxylic acids is 1. The minimum atomic E-state index is 0.160. The fourth-order valence-electron chi connectivity index (χ4n) is 2.48. The van der Waals surface area contributed by atoms with Crippen molar-refractivity contribution in [2.45, 2.75) is 52.7 Å². The maximum atomic E-state index is 11.4. The lowest BCUT2D eigenvalue weighted by atomic mass is 10.2. The second-order valence-electron chi connectivity index (χ2n) is 5.35. The Balaban J connectivity index is 2.05.